The Morgan fingerprint density at radius 1 is 1.00 bits per heavy atom. The summed E-state index contributed by atoms with van der Waals surface area (Å²) in [5, 5.41) is 5.29. The lowest BCUT2D eigenvalue weighted by Crippen LogP contribution is -2.12. The van der Waals surface area contributed by atoms with Crippen LogP contribution in [-0.4, -0.2) is 24.2 Å². The molecular weight excluding hydrogens is 293 g/mol. The van der Waals surface area contributed by atoms with E-state index in [1.165, 1.54) is 0 Å². The summed E-state index contributed by atoms with van der Waals surface area (Å²) in [5.74, 6) is -1.91. The summed E-state index contributed by atoms with van der Waals surface area (Å²) in [4.78, 5) is 3.76. The molecule has 1 aromatic heterocycles. The second kappa shape index (κ2) is 7.99. The van der Waals surface area contributed by atoms with Crippen molar-refractivity contribution in [2.24, 2.45) is 0 Å². The van der Waals surface area contributed by atoms with Gasteiger partial charge >= 0.3 is 6.18 Å². The molecule has 0 aliphatic carbocycles. The van der Waals surface area contributed by atoms with E-state index >= 15 is 0 Å². The van der Waals surface area contributed by atoms with Crippen LogP contribution in [0.25, 0.3) is 0 Å². The number of halogens is 5. The number of hydrogen-bond donors (Lipinski definition) is 2. The Bertz CT molecular complexity index is 448. The summed E-state index contributed by atoms with van der Waals surface area (Å²) in [5.41, 5.74) is 0. The predicted octanol–water partition coefficient (Wildman–Crippen LogP) is 4.33. The van der Waals surface area contributed by atoms with Gasteiger partial charge in [0.1, 0.15) is 0 Å². The molecule has 0 radical (unpaired) electrons. The van der Waals surface area contributed by atoms with E-state index in [1.54, 1.807) is 0 Å². The molecule has 0 saturated heterocycles. The second-order valence-electron chi connectivity index (χ2n) is 4.58. The first kappa shape index (κ1) is 17.5. The lowest BCUT2D eigenvalue weighted by molar-refractivity contribution is -0.135. The molecule has 1 heterocycles. The van der Waals surface area contributed by atoms with Crippen molar-refractivity contribution in [2.45, 2.75) is 38.8 Å². The molecule has 0 aromatic carbocycles. The number of hydrogen-bond acceptors (Lipinski definition) is 3. The Labute approximate surface area is 119 Å². The van der Waals surface area contributed by atoms with Crippen molar-refractivity contribution in [3.63, 3.8) is 0 Å². The number of alkyl halides is 3. The number of rotatable bonds is 8. The average Bonchev–Trinajstić information content (AvgIpc) is 2.38. The highest BCUT2D eigenvalue weighted by Crippen LogP contribution is 2.22. The van der Waals surface area contributed by atoms with Gasteiger partial charge in [-0.25, -0.2) is 13.8 Å². The number of nitrogens with one attached hydrogen (secondary N) is 2. The first-order valence-electron chi connectivity index (χ1n) is 6.74. The van der Waals surface area contributed by atoms with Crippen LogP contribution in [0.15, 0.2) is 6.07 Å². The minimum absolute atomic E-state index is 0.0553. The summed E-state index contributed by atoms with van der Waals surface area (Å²) in [6.07, 6.45) is -4.15. The van der Waals surface area contributed by atoms with Crippen molar-refractivity contribution in [1.82, 2.24) is 4.98 Å². The number of unbranched alkanes of at least 4 members (excludes halogenated alkanes) is 1. The van der Waals surface area contributed by atoms with Crippen LogP contribution in [0.5, 0.6) is 0 Å². The molecule has 120 valence electrons. The van der Waals surface area contributed by atoms with Crippen LogP contribution in [0.1, 0.15) is 32.6 Å². The molecule has 1 aromatic rings. The Morgan fingerprint density at radius 3 is 2.10 bits per heavy atom. The molecule has 2 N–H and O–H groups in total. The third-order valence-electron chi connectivity index (χ3n) is 2.65. The molecule has 0 amide bonds. The van der Waals surface area contributed by atoms with Crippen molar-refractivity contribution in [2.75, 3.05) is 23.7 Å². The zero-order valence-corrected chi connectivity index (χ0v) is 11.7. The van der Waals surface area contributed by atoms with Gasteiger partial charge in [0, 0.05) is 25.6 Å². The van der Waals surface area contributed by atoms with E-state index < -0.39 is 24.2 Å². The normalized spacial score (nSPS) is 11.5. The molecule has 0 aliphatic rings. The van der Waals surface area contributed by atoms with Crippen molar-refractivity contribution >= 4 is 11.6 Å². The number of aromatic nitrogens is 1. The van der Waals surface area contributed by atoms with E-state index in [0.717, 1.165) is 6.42 Å². The highest BCUT2D eigenvalue weighted by Gasteiger charge is 2.25. The topological polar surface area (TPSA) is 37.0 Å². The molecule has 0 bridgehead atoms. The van der Waals surface area contributed by atoms with Crippen LogP contribution in [0.2, 0.25) is 0 Å². The Kier molecular flexibility index (Phi) is 6.64. The standard InChI is InChI=1S/C13H18F5N3/c1-2-6-19-11-9(14)8-10(15)12(21-11)20-7-4-3-5-13(16,17)18/h8H,2-7H2,1H3,(H2,19,20,21). The molecule has 0 atom stereocenters. The van der Waals surface area contributed by atoms with Crippen molar-refractivity contribution in [1.29, 1.82) is 0 Å². The molecule has 0 aliphatic heterocycles. The Hall–Kier alpha value is -1.60. The van der Waals surface area contributed by atoms with Crippen molar-refractivity contribution in [3.8, 4) is 0 Å². The van der Waals surface area contributed by atoms with Gasteiger partial charge in [-0.15, -0.1) is 0 Å². The molecule has 8 heteroatoms. The Morgan fingerprint density at radius 2 is 1.57 bits per heavy atom. The summed E-state index contributed by atoms with van der Waals surface area (Å²) >= 11 is 0. The quantitative estimate of drug-likeness (QED) is 0.554. The number of anilines is 2. The van der Waals surface area contributed by atoms with E-state index in [1.807, 2.05) is 6.92 Å². The van der Waals surface area contributed by atoms with Gasteiger partial charge in [0.05, 0.1) is 0 Å². The molecule has 0 unspecified atom stereocenters. The van der Waals surface area contributed by atoms with E-state index in [2.05, 4.69) is 15.6 Å². The highest BCUT2D eigenvalue weighted by atomic mass is 19.4. The smallest absolute Gasteiger partial charge is 0.368 e. The summed E-state index contributed by atoms with van der Waals surface area (Å²) in [6, 6.07) is 0.697. The summed E-state index contributed by atoms with van der Waals surface area (Å²) in [6.45, 7) is 2.51. The van der Waals surface area contributed by atoms with Crippen LogP contribution in [0.4, 0.5) is 33.6 Å². The number of nitrogens with zero attached hydrogens (tertiary/aromatic N) is 1. The van der Waals surface area contributed by atoms with E-state index in [-0.39, 0.29) is 31.0 Å². The minimum atomic E-state index is -4.18. The van der Waals surface area contributed by atoms with E-state index in [4.69, 9.17) is 0 Å². The van der Waals surface area contributed by atoms with Gasteiger partial charge in [-0.3, -0.25) is 0 Å². The minimum Gasteiger partial charge on any atom is -0.368 e. The van der Waals surface area contributed by atoms with Crippen LogP contribution < -0.4 is 10.6 Å². The van der Waals surface area contributed by atoms with Crippen LogP contribution in [0.3, 0.4) is 0 Å². The lowest BCUT2D eigenvalue weighted by atomic mass is 10.2. The predicted molar refractivity (Wildman–Crippen MR) is 71.3 cm³/mol. The van der Waals surface area contributed by atoms with E-state index in [0.29, 0.717) is 12.6 Å². The van der Waals surface area contributed by atoms with Gasteiger partial charge in [-0.1, -0.05) is 6.92 Å². The van der Waals surface area contributed by atoms with Gasteiger partial charge in [-0.05, 0) is 19.3 Å². The molecular formula is C13H18F5N3. The van der Waals surface area contributed by atoms with Crippen molar-refractivity contribution < 1.29 is 22.0 Å². The molecule has 3 nitrogen and oxygen atoms in total. The summed E-state index contributed by atoms with van der Waals surface area (Å²) in [7, 11) is 0. The zero-order chi connectivity index (χ0) is 15.9. The van der Waals surface area contributed by atoms with Gasteiger partial charge in [-0.2, -0.15) is 13.2 Å². The second-order valence-corrected chi connectivity index (χ2v) is 4.58. The van der Waals surface area contributed by atoms with E-state index in [9.17, 15) is 22.0 Å². The fraction of sp³-hybridized carbons (Fsp3) is 0.615. The molecule has 21 heavy (non-hydrogen) atoms. The van der Waals surface area contributed by atoms with Gasteiger partial charge in [0.15, 0.2) is 23.3 Å². The highest BCUT2D eigenvalue weighted by molar-refractivity contribution is 5.47. The van der Waals surface area contributed by atoms with Crippen molar-refractivity contribution in [3.05, 3.63) is 17.7 Å². The number of pyridine rings is 1. The average molecular weight is 311 g/mol. The maximum Gasteiger partial charge on any atom is 0.389 e. The lowest BCUT2D eigenvalue weighted by Gasteiger charge is -2.11. The first-order valence-corrected chi connectivity index (χ1v) is 6.74. The zero-order valence-electron chi connectivity index (χ0n) is 11.7. The summed E-state index contributed by atoms with van der Waals surface area (Å²) < 4.78 is 62.7. The van der Waals surface area contributed by atoms with Gasteiger partial charge in [0.2, 0.25) is 0 Å². The molecule has 1 rings (SSSR count). The maximum atomic E-state index is 13.5. The van der Waals surface area contributed by atoms with Crippen LogP contribution >= 0.6 is 0 Å². The SMILES string of the molecule is CCCNc1nc(NCCCCC(F)(F)F)c(F)cc1F. The third-order valence-corrected chi connectivity index (χ3v) is 2.65. The fourth-order valence-electron chi connectivity index (χ4n) is 1.62. The third kappa shape index (κ3) is 6.59. The fourth-order valence-corrected chi connectivity index (χ4v) is 1.62. The molecule has 0 saturated carbocycles. The molecule has 0 fully saturated rings. The Balaban J connectivity index is 2.50. The first-order chi connectivity index (χ1) is 9.83. The van der Waals surface area contributed by atoms with Crippen LogP contribution in [-0.2, 0) is 0 Å². The largest absolute Gasteiger partial charge is 0.389 e. The van der Waals surface area contributed by atoms with Gasteiger partial charge in [0.25, 0.3) is 0 Å². The van der Waals surface area contributed by atoms with Gasteiger partial charge < -0.3 is 10.6 Å². The monoisotopic (exact) mass is 311 g/mol. The molecule has 0 spiro atoms. The van der Waals surface area contributed by atoms with Crippen LogP contribution in [0, 0.1) is 11.6 Å². The maximum absolute atomic E-state index is 13.5.